The van der Waals surface area contributed by atoms with Crippen LogP contribution in [0.15, 0.2) is 23.2 Å². The van der Waals surface area contributed by atoms with Gasteiger partial charge in [-0.1, -0.05) is 0 Å². The highest BCUT2D eigenvalue weighted by atomic mass is 79.9. The molecule has 0 heterocycles. The molecule has 1 aromatic rings. The number of hydrogen-bond acceptors (Lipinski definition) is 3. The molecule has 1 rings (SSSR count). The van der Waals surface area contributed by atoms with E-state index in [2.05, 4.69) is 39.6 Å². The minimum atomic E-state index is -0.0199. The van der Waals surface area contributed by atoms with Crippen molar-refractivity contribution in [2.24, 2.45) is 4.99 Å². The molecule has 0 bridgehead atoms. The minimum Gasteiger partial charge on any atom is -0.490 e. The maximum absolute atomic E-state index is 9.07. The Morgan fingerprint density at radius 2 is 2.22 bits per heavy atom. The van der Waals surface area contributed by atoms with Crippen LogP contribution in [-0.2, 0) is 0 Å². The van der Waals surface area contributed by atoms with Gasteiger partial charge in [0, 0.05) is 5.56 Å². The fourth-order valence-corrected chi connectivity index (χ4v) is 1.82. The van der Waals surface area contributed by atoms with Crippen molar-refractivity contribution in [2.45, 2.75) is 20.0 Å². The molecule has 0 unspecified atom stereocenters. The number of thiol groups is 1. The number of rotatable bonds is 3. The predicted octanol–water partition coefficient (Wildman–Crippen LogP) is 3.35. The van der Waals surface area contributed by atoms with Crippen molar-refractivity contribution in [1.82, 2.24) is 0 Å². The molecule has 0 radical (unpaired) electrons. The standard InChI is InChI=1S/C12H12BrN3OS/c1-7(2)17-10-4-3-8(5-9(10)6-14)11(18)16-12(13)15/h3-5,7H,1-2H3,(H2,15,16,18). The first-order valence-corrected chi connectivity index (χ1v) is 6.41. The zero-order valence-electron chi connectivity index (χ0n) is 9.94. The van der Waals surface area contributed by atoms with E-state index in [4.69, 9.17) is 15.4 Å². The predicted molar refractivity (Wildman–Crippen MR) is 79.1 cm³/mol. The van der Waals surface area contributed by atoms with E-state index in [9.17, 15) is 0 Å². The quantitative estimate of drug-likeness (QED) is 0.387. The second-order valence-corrected chi connectivity index (χ2v) is 4.89. The number of amidine groups is 1. The topological polar surface area (TPSA) is 69.2 Å². The Hall–Kier alpha value is -1.32. The van der Waals surface area contributed by atoms with Gasteiger partial charge >= 0.3 is 0 Å². The fraction of sp³-hybridized carbons (Fsp3) is 0.250. The Morgan fingerprint density at radius 1 is 1.56 bits per heavy atom. The van der Waals surface area contributed by atoms with E-state index < -0.39 is 0 Å². The first-order valence-electron chi connectivity index (χ1n) is 5.17. The van der Waals surface area contributed by atoms with Crippen LogP contribution in [-0.4, -0.2) is 15.9 Å². The van der Waals surface area contributed by atoms with Crippen molar-refractivity contribution in [2.75, 3.05) is 0 Å². The number of nitrogens with one attached hydrogen (secondary N) is 1. The number of nitrogens with zero attached hydrogens (tertiary/aromatic N) is 2. The molecule has 0 saturated heterocycles. The van der Waals surface area contributed by atoms with Crippen molar-refractivity contribution < 1.29 is 4.74 Å². The van der Waals surface area contributed by atoms with Crippen LogP contribution < -0.4 is 4.74 Å². The van der Waals surface area contributed by atoms with E-state index >= 15 is 0 Å². The van der Waals surface area contributed by atoms with Crippen LogP contribution in [0.5, 0.6) is 5.75 Å². The summed E-state index contributed by atoms with van der Waals surface area (Å²) in [5.74, 6) is 0.534. The third-order valence-electron chi connectivity index (χ3n) is 1.92. The smallest absolute Gasteiger partial charge is 0.190 e. The van der Waals surface area contributed by atoms with Gasteiger partial charge in [0.15, 0.2) is 4.74 Å². The third-order valence-corrected chi connectivity index (χ3v) is 2.46. The van der Waals surface area contributed by atoms with Gasteiger partial charge in [0.25, 0.3) is 0 Å². The van der Waals surface area contributed by atoms with E-state index in [0.717, 1.165) is 0 Å². The molecule has 0 atom stereocenters. The highest BCUT2D eigenvalue weighted by molar-refractivity contribution is 9.18. The second-order valence-electron chi connectivity index (χ2n) is 3.72. The molecule has 6 heteroatoms. The summed E-state index contributed by atoms with van der Waals surface area (Å²) in [6.07, 6.45) is 0.00260. The van der Waals surface area contributed by atoms with Crippen molar-refractivity contribution in [1.29, 1.82) is 10.7 Å². The molecule has 0 aromatic heterocycles. The zero-order valence-corrected chi connectivity index (χ0v) is 12.4. The normalized spacial score (nSPS) is 11.2. The van der Waals surface area contributed by atoms with Gasteiger partial charge in [-0.2, -0.15) is 5.26 Å². The average molecular weight is 326 g/mol. The van der Waals surface area contributed by atoms with E-state index in [1.165, 1.54) is 0 Å². The molecule has 1 N–H and O–H groups in total. The highest BCUT2D eigenvalue weighted by Gasteiger charge is 2.08. The van der Waals surface area contributed by atoms with Crippen LogP contribution >= 0.6 is 28.6 Å². The van der Waals surface area contributed by atoms with Gasteiger partial charge in [-0.25, -0.2) is 4.99 Å². The molecule has 0 aliphatic carbocycles. The number of hydrogen-bond donors (Lipinski definition) is 2. The van der Waals surface area contributed by atoms with Crippen molar-refractivity contribution >= 4 is 38.3 Å². The summed E-state index contributed by atoms with van der Waals surface area (Å²) in [7, 11) is 0. The monoisotopic (exact) mass is 325 g/mol. The summed E-state index contributed by atoms with van der Waals surface area (Å²) in [5.41, 5.74) is 1.08. The van der Waals surface area contributed by atoms with Crippen LogP contribution in [0.2, 0.25) is 0 Å². The number of ether oxygens (including phenoxy) is 1. The van der Waals surface area contributed by atoms with E-state index in [-0.39, 0.29) is 10.8 Å². The van der Waals surface area contributed by atoms with Crippen molar-refractivity contribution in [3.63, 3.8) is 0 Å². The molecule has 0 aliphatic rings. The first kappa shape index (κ1) is 14.7. The Balaban J connectivity index is 3.14. The molecule has 0 amide bonds. The SMILES string of the molecule is CC(C)Oc1ccc(/C(S)=N/C(=N)Br)cc1C#N. The average Bonchev–Trinajstić information content (AvgIpc) is 2.27. The van der Waals surface area contributed by atoms with E-state index in [1.54, 1.807) is 18.2 Å². The number of nitriles is 1. The second kappa shape index (κ2) is 6.57. The molecule has 0 aliphatic heterocycles. The molecule has 4 nitrogen and oxygen atoms in total. The van der Waals surface area contributed by atoms with E-state index in [0.29, 0.717) is 21.9 Å². The van der Waals surface area contributed by atoms with Crippen molar-refractivity contribution in [3.05, 3.63) is 29.3 Å². The highest BCUT2D eigenvalue weighted by Crippen LogP contribution is 2.21. The molecular weight excluding hydrogens is 314 g/mol. The van der Waals surface area contributed by atoms with Gasteiger partial charge in [0.2, 0.25) is 0 Å². The Bertz CT molecular complexity index is 535. The summed E-state index contributed by atoms with van der Waals surface area (Å²) >= 11 is 7.09. The van der Waals surface area contributed by atoms with Crippen LogP contribution in [0.25, 0.3) is 0 Å². The van der Waals surface area contributed by atoms with Crippen LogP contribution in [0.1, 0.15) is 25.0 Å². The summed E-state index contributed by atoms with van der Waals surface area (Å²) < 4.78 is 5.49. The molecule has 0 saturated carbocycles. The molecule has 18 heavy (non-hydrogen) atoms. The lowest BCUT2D eigenvalue weighted by atomic mass is 10.1. The molecule has 0 fully saturated rings. The third kappa shape index (κ3) is 4.17. The van der Waals surface area contributed by atoms with Gasteiger partial charge in [-0.3, -0.25) is 5.41 Å². The molecule has 0 spiro atoms. The van der Waals surface area contributed by atoms with Crippen molar-refractivity contribution in [3.8, 4) is 11.8 Å². The summed E-state index contributed by atoms with van der Waals surface area (Å²) in [5, 5.41) is 16.6. The first-order chi connectivity index (χ1) is 8.43. The maximum Gasteiger partial charge on any atom is 0.190 e. The van der Waals surface area contributed by atoms with Crippen LogP contribution in [0.4, 0.5) is 0 Å². The van der Waals surface area contributed by atoms with Gasteiger partial charge in [-0.05, 0) is 48.0 Å². The zero-order chi connectivity index (χ0) is 13.7. The van der Waals surface area contributed by atoms with Gasteiger partial charge < -0.3 is 4.74 Å². The number of aliphatic imine (C=N–C) groups is 1. The van der Waals surface area contributed by atoms with Crippen LogP contribution in [0, 0.1) is 16.7 Å². The minimum absolute atomic E-state index is 0.00260. The number of halogens is 1. The Labute approximate surface area is 120 Å². The summed E-state index contributed by atoms with van der Waals surface area (Å²) in [4.78, 5) is 3.84. The maximum atomic E-state index is 9.07. The summed E-state index contributed by atoms with van der Waals surface area (Å²) in [6.45, 7) is 3.79. The Morgan fingerprint density at radius 3 is 2.72 bits per heavy atom. The molecule has 94 valence electrons. The molecule has 1 aromatic carbocycles. The molecular formula is C12H12BrN3OS. The lowest BCUT2D eigenvalue weighted by Crippen LogP contribution is -2.07. The van der Waals surface area contributed by atoms with E-state index in [1.807, 2.05) is 13.8 Å². The lowest BCUT2D eigenvalue weighted by molar-refractivity contribution is 0.241. The lowest BCUT2D eigenvalue weighted by Gasteiger charge is -2.11. The van der Waals surface area contributed by atoms with Crippen LogP contribution in [0.3, 0.4) is 0 Å². The van der Waals surface area contributed by atoms with Gasteiger partial charge in [-0.15, -0.1) is 12.6 Å². The largest absolute Gasteiger partial charge is 0.490 e. The van der Waals surface area contributed by atoms with Gasteiger partial charge in [0.1, 0.15) is 16.9 Å². The number of benzene rings is 1. The Kier molecular flexibility index (Phi) is 5.38. The fourth-order valence-electron chi connectivity index (χ4n) is 1.27. The van der Waals surface area contributed by atoms with Gasteiger partial charge in [0.05, 0.1) is 11.7 Å². The summed E-state index contributed by atoms with van der Waals surface area (Å²) in [6, 6.07) is 7.16.